The van der Waals surface area contributed by atoms with E-state index in [0.717, 1.165) is 57.6 Å². The topological polar surface area (TPSA) is 61.9 Å². The van der Waals surface area contributed by atoms with Gasteiger partial charge in [-0.05, 0) is 50.4 Å². The molecule has 3 rings (SSSR count). The standard InChI is InChI=1S/C20H33N3O3S/c1-22-11-13-23(14-12-22)18-7-9-20(10-8-18,16-21-27(3,24)25)17-5-4-6-19(15-17)26-2/h4-6,15,18,21H,7-14,16H2,1-3H3. The monoisotopic (exact) mass is 395 g/mol. The van der Waals surface area contributed by atoms with Crippen molar-refractivity contribution in [3.8, 4) is 5.75 Å². The number of nitrogens with zero attached hydrogens (tertiary/aromatic N) is 2. The van der Waals surface area contributed by atoms with Crippen LogP contribution in [0.1, 0.15) is 31.2 Å². The molecule has 2 aliphatic rings. The first-order valence-corrected chi connectivity index (χ1v) is 11.7. The lowest BCUT2D eigenvalue weighted by atomic mass is 9.68. The maximum atomic E-state index is 11.8. The number of likely N-dealkylation sites (N-methyl/N-ethyl adjacent to an activating group) is 1. The number of hydrogen-bond donors (Lipinski definition) is 1. The first-order valence-electron chi connectivity index (χ1n) is 9.83. The third-order valence-electron chi connectivity index (χ3n) is 6.32. The van der Waals surface area contributed by atoms with Crippen molar-refractivity contribution < 1.29 is 13.2 Å². The lowest BCUT2D eigenvalue weighted by Crippen LogP contribution is -2.52. The van der Waals surface area contributed by atoms with Crippen molar-refractivity contribution >= 4 is 10.0 Å². The minimum Gasteiger partial charge on any atom is -0.497 e. The van der Waals surface area contributed by atoms with Gasteiger partial charge in [-0.15, -0.1) is 0 Å². The normalized spacial score (nSPS) is 28.2. The van der Waals surface area contributed by atoms with E-state index in [0.29, 0.717) is 12.6 Å². The molecular formula is C20H33N3O3S. The maximum Gasteiger partial charge on any atom is 0.208 e. The van der Waals surface area contributed by atoms with Gasteiger partial charge in [0, 0.05) is 44.2 Å². The molecule has 1 heterocycles. The molecule has 27 heavy (non-hydrogen) atoms. The fourth-order valence-corrected chi connectivity index (χ4v) is 5.04. The van der Waals surface area contributed by atoms with Crippen molar-refractivity contribution in [3.05, 3.63) is 29.8 Å². The highest BCUT2D eigenvalue weighted by atomic mass is 32.2. The number of hydrogen-bond acceptors (Lipinski definition) is 5. The van der Waals surface area contributed by atoms with Crippen molar-refractivity contribution in [1.29, 1.82) is 0 Å². The molecule has 0 aromatic heterocycles. The number of nitrogens with one attached hydrogen (secondary N) is 1. The van der Waals surface area contributed by atoms with E-state index in [1.165, 1.54) is 11.8 Å². The molecule has 7 heteroatoms. The smallest absolute Gasteiger partial charge is 0.208 e. The Morgan fingerprint density at radius 3 is 2.44 bits per heavy atom. The predicted molar refractivity (Wildman–Crippen MR) is 109 cm³/mol. The molecule has 6 nitrogen and oxygen atoms in total. The quantitative estimate of drug-likeness (QED) is 0.794. The SMILES string of the molecule is COc1cccc(C2(CNS(C)(=O)=O)CCC(N3CCN(C)CC3)CC2)c1. The summed E-state index contributed by atoms with van der Waals surface area (Å²) in [5.74, 6) is 0.826. The Bertz CT molecular complexity index is 722. The molecule has 0 amide bonds. The van der Waals surface area contributed by atoms with Crippen LogP contribution in [0.5, 0.6) is 5.75 Å². The molecule has 0 atom stereocenters. The number of ether oxygens (including phenoxy) is 1. The minimum atomic E-state index is -3.22. The van der Waals surface area contributed by atoms with E-state index in [1.807, 2.05) is 12.1 Å². The van der Waals surface area contributed by atoms with Gasteiger partial charge in [-0.25, -0.2) is 13.1 Å². The van der Waals surface area contributed by atoms with Crippen LogP contribution >= 0.6 is 0 Å². The van der Waals surface area contributed by atoms with Crippen LogP contribution in [0, 0.1) is 0 Å². The second-order valence-corrected chi connectivity index (χ2v) is 10.0. The number of methoxy groups -OCH3 is 1. The van der Waals surface area contributed by atoms with Crippen LogP contribution in [-0.4, -0.2) is 77.4 Å². The van der Waals surface area contributed by atoms with Gasteiger partial charge in [0.1, 0.15) is 5.75 Å². The largest absolute Gasteiger partial charge is 0.497 e. The molecule has 0 radical (unpaired) electrons. The molecule has 2 fully saturated rings. The Morgan fingerprint density at radius 1 is 1.19 bits per heavy atom. The van der Waals surface area contributed by atoms with E-state index in [4.69, 9.17) is 4.74 Å². The molecule has 152 valence electrons. The zero-order valence-electron chi connectivity index (χ0n) is 16.8. The van der Waals surface area contributed by atoms with Gasteiger partial charge < -0.3 is 9.64 Å². The van der Waals surface area contributed by atoms with Gasteiger partial charge in [-0.2, -0.15) is 0 Å². The van der Waals surface area contributed by atoms with Crippen molar-refractivity contribution in [3.63, 3.8) is 0 Å². The Morgan fingerprint density at radius 2 is 1.85 bits per heavy atom. The lowest BCUT2D eigenvalue weighted by Gasteiger charge is -2.46. The molecule has 0 unspecified atom stereocenters. The second kappa shape index (κ2) is 8.47. The van der Waals surface area contributed by atoms with Gasteiger partial charge in [0.15, 0.2) is 0 Å². The maximum absolute atomic E-state index is 11.8. The zero-order chi connectivity index (χ0) is 19.5. The molecule has 1 aliphatic carbocycles. The van der Waals surface area contributed by atoms with Crippen LogP contribution in [-0.2, 0) is 15.4 Å². The van der Waals surface area contributed by atoms with Crippen LogP contribution in [0.2, 0.25) is 0 Å². The minimum absolute atomic E-state index is 0.166. The summed E-state index contributed by atoms with van der Waals surface area (Å²) in [7, 11) is 0.632. The van der Waals surface area contributed by atoms with Crippen molar-refractivity contribution in [2.24, 2.45) is 0 Å². The summed E-state index contributed by atoms with van der Waals surface area (Å²) in [6.45, 7) is 4.98. The van der Waals surface area contributed by atoms with Crippen molar-refractivity contribution in [2.75, 3.05) is 53.1 Å². The Balaban J connectivity index is 1.76. The van der Waals surface area contributed by atoms with Crippen LogP contribution in [0.25, 0.3) is 0 Å². The fraction of sp³-hybridized carbons (Fsp3) is 0.700. The number of rotatable bonds is 6. The average Bonchev–Trinajstić information content (AvgIpc) is 2.67. The molecule has 1 aliphatic heterocycles. The molecular weight excluding hydrogens is 362 g/mol. The summed E-state index contributed by atoms with van der Waals surface area (Å²) in [6.07, 6.45) is 5.42. The highest BCUT2D eigenvalue weighted by Crippen LogP contribution is 2.41. The molecule has 0 bridgehead atoms. The van der Waals surface area contributed by atoms with Gasteiger partial charge in [-0.3, -0.25) is 4.90 Å². The summed E-state index contributed by atoms with van der Waals surface area (Å²) in [5.41, 5.74) is 1.01. The van der Waals surface area contributed by atoms with E-state index in [1.54, 1.807) is 7.11 Å². The van der Waals surface area contributed by atoms with Crippen LogP contribution < -0.4 is 9.46 Å². The van der Waals surface area contributed by atoms with Crippen LogP contribution in [0.4, 0.5) is 0 Å². The van der Waals surface area contributed by atoms with Gasteiger partial charge in [0.05, 0.1) is 13.4 Å². The predicted octanol–water partition coefficient (Wildman–Crippen LogP) is 1.67. The summed E-state index contributed by atoms with van der Waals surface area (Å²) in [6, 6.07) is 8.73. The van der Waals surface area contributed by atoms with E-state index >= 15 is 0 Å². The number of piperazine rings is 1. The summed E-state index contributed by atoms with van der Waals surface area (Å²) in [4.78, 5) is 5.01. The highest BCUT2D eigenvalue weighted by Gasteiger charge is 2.39. The van der Waals surface area contributed by atoms with Gasteiger partial charge in [-0.1, -0.05) is 12.1 Å². The molecule has 1 saturated heterocycles. The first kappa shape index (κ1) is 20.6. The van der Waals surface area contributed by atoms with Crippen LogP contribution in [0.3, 0.4) is 0 Å². The van der Waals surface area contributed by atoms with E-state index in [2.05, 4.69) is 33.7 Å². The lowest BCUT2D eigenvalue weighted by molar-refractivity contribution is 0.0751. The van der Waals surface area contributed by atoms with E-state index in [-0.39, 0.29) is 5.41 Å². The van der Waals surface area contributed by atoms with Crippen molar-refractivity contribution in [1.82, 2.24) is 14.5 Å². The summed E-state index contributed by atoms with van der Waals surface area (Å²) >= 11 is 0. The molecule has 1 aromatic carbocycles. The molecule has 0 spiro atoms. The van der Waals surface area contributed by atoms with E-state index < -0.39 is 10.0 Å². The highest BCUT2D eigenvalue weighted by molar-refractivity contribution is 7.88. The van der Waals surface area contributed by atoms with Gasteiger partial charge >= 0.3 is 0 Å². The first-order chi connectivity index (χ1) is 12.8. The van der Waals surface area contributed by atoms with Crippen molar-refractivity contribution in [2.45, 2.75) is 37.1 Å². The summed E-state index contributed by atoms with van der Waals surface area (Å²) < 4.78 is 31.7. The number of benzene rings is 1. The second-order valence-electron chi connectivity index (χ2n) is 8.18. The Hall–Kier alpha value is -1.15. The Labute approximate surface area is 163 Å². The van der Waals surface area contributed by atoms with E-state index in [9.17, 15) is 8.42 Å². The van der Waals surface area contributed by atoms with Gasteiger partial charge in [0.25, 0.3) is 0 Å². The Kier molecular flexibility index (Phi) is 6.46. The molecule has 1 N–H and O–H groups in total. The zero-order valence-corrected chi connectivity index (χ0v) is 17.6. The fourth-order valence-electron chi connectivity index (χ4n) is 4.50. The number of sulfonamides is 1. The molecule has 1 saturated carbocycles. The third-order valence-corrected chi connectivity index (χ3v) is 6.99. The van der Waals surface area contributed by atoms with Gasteiger partial charge in [0.2, 0.25) is 10.0 Å². The molecule has 1 aromatic rings. The summed E-state index contributed by atoms with van der Waals surface area (Å²) in [5, 5.41) is 0. The van der Waals surface area contributed by atoms with Crippen LogP contribution in [0.15, 0.2) is 24.3 Å². The average molecular weight is 396 g/mol. The third kappa shape index (κ3) is 5.22.